The fourth-order valence-corrected chi connectivity index (χ4v) is 5.18. The van der Waals surface area contributed by atoms with Gasteiger partial charge in [-0.2, -0.15) is 4.31 Å². The Hall–Kier alpha value is -3.25. The number of aromatic nitrogens is 2. The third kappa shape index (κ3) is 6.55. The van der Waals surface area contributed by atoms with Crippen LogP contribution in [0.5, 0.6) is 0 Å². The molecule has 2 heterocycles. The van der Waals surface area contributed by atoms with Crippen molar-refractivity contribution in [1.82, 2.24) is 9.55 Å². The number of benzene rings is 1. The summed E-state index contributed by atoms with van der Waals surface area (Å²) in [5, 5.41) is 36.0. The number of hydrogen-bond donors (Lipinski definition) is 6. The first-order valence-electron chi connectivity index (χ1n) is 9.58. The number of ether oxygens (including phenoxy) is 1. The zero-order valence-corrected chi connectivity index (χ0v) is 19.6. The lowest BCUT2D eigenvalue weighted by atomic mass is 9.97. The minimum absolute atomic E-state index is 0.291. The molecule has 0 radical (unpaired) electrons. The Morgan fingerprint density at radius 2 is 1.89 bits per heavy atom. The molecule has 1 aromatic carbocycles. The molecule has 1 fully saturated rings. The number of aromatic amines is 1. The summed E-state index contributed by atoms with van der Waals surface area (Å²) in [5.41, 5.74) is 4.77. The fourth-order valence-electron chi connectivity index (χ4n) is 3.43. The first kappa shape index (κ1) is 28.3. The predicted octanol–water partition coefficient (Wildman–Crippen LogP) is -0.0266. The van der Waals surface area contributed by atoms with Gasteiger partial charge in [-0.15, -0.1) is 0 Å². The monoisotopic (exact) mass is 566 g/mol. The SMILES string of the molecule is [N-]=[N+]=Nc1ccc(C(OP(=O)(O)OP(=O)(O)O)[C@H]2O[C@@H](n3ccc(=O)[nH]c3=O)[C@H](O)[C@@H]2O)c([N+](=O)[O-])c1. The van der Waals surface area contributed by atoms with Gasteiger partial charge in [0.05, 0.1) is 10.5 Å². The maximum atomic E-state index is 12.3. The van der Waals surface area contributed by atoms with Crippen LogP contribution in [0.25, 0.3) is 10.4 Å². The van der Waals surface area contributed by atoms with Crippen LogP contribution in [-0.4, -0.2) is 57.7 Å². The zero-order chi connectivity index (χ0) is 27.7. The van der Waals surface area contributed by atoms with Gasteiger partial charge in [-0.3, -0.25) is 29.0 Å². The molecule has 1 aliphatic heterocycles. The van der Waals surface area contributed by atoms with E-state index < -0.39 is 73.7 Å². The molecule has 0 amide bonds. The number of aliphatic hydroxyl groups excluding tert-OH is 2. The highest BCUT2D eigenvalue weighted by Crippen LogP contribution is 2.61. The topological polar surface area (TPSA) is 310 Å². The Balaban J connectivity index is 2.15. The molecule has 22 heteroatoms. The number of phosphoric ester groups is 1. The van der Waals surface area contributed by atoms with E-state index in [0.29, 0.717) is 10.6 Å². The standard InChI is InChI=1S/C15H16N6O14P2/c16-19-18-6-1-2-7(8(5-6)21(26)27)12(34-37(31,32)35-36(28,29)30)13-10(23)11(24)14(33-13)20-4-3-9(22)17-15(20)25/h1-5,10-14,23-24H,(H,31,32)(H,17,22,25)(H2,28,29,30)/t10-,11+,12?,13-,14+/m0/s1. The molecule has 3 rings (SSSR count). The van der Waals surface area contributed by atoms with Gasteiger partial charge in [0.25, 0.3) is 11.2 Å². The second-order valence-corrected chi connectivity index (χ2v) is 10.0. The number of nitrogens with zero attached hydrogens (tertiary/aromatic N) is 5. The molecule has 6 atom stereocenters. The second-order valence-electron chi connectivity index (χ2n) is 7.25. The lowest BCUT2D eigenvalue weighted by Gasteiger charge is -2.27. The van der Waals surface area contributed by atoms with Gasteiger partial charge in [0.1, 0.15) is 24.4 Å². The van der Waals surface area contributed by atoms with Crippen LogP contribution in [0.4, 0.5) is 11.4 Å². The number of nitro groups is 1. The minimum atomic E-state index is -5.77. The molecule has 6 N–H and O–H groups in total. The molecule has 0 saturated carbocycles. The van der Waals surface area contributed by atoms with E-state index >= 15 is 0 Å². The van der Waals surface area contributed by atoms with Gasteiger partial charge in [0.2, 0.25) is 0 Å². The molecule has 37 heavy (non-hydrogen) atoms. The van der Waals surface area contributed by atoms with E-state index in [-0.39, 0.29) is 5.69 Å². The van der Waals surface area contributed by atoms with Crippen molar-refractivity contribution >= 4 is 27.0 Å². The van der Waals surface area contributed by atoms with Gasteiger partial charge in [-0.1, -0.05) is 11.2 Å². The second kappa shape index (κ2) is 10.6. The van der Waals surface area contributed by atoms with E-state index in [1.807, 2.05) is 4.98 Å². The van der Waals surface area contributed by atoms with Crippen molar-refractivity contribution in [2.75, 3.05) is 0 Å². The number of azide groups is 1. The summed E-state index contributed by atoms with van der Waals surface area (Å²) in [7, 11) is -11.4. The van der Waals surface area contributed by atoms with Gasteiger partial charge in [0.15, 0.2) is 6.23 Å². The van der Waals surface area contributed by atoms with Crippen molar-refractivity contribution in [3.05, 3.63) is 77.4 Å². The van der Waals surface area contributed by atoms with Crippen LogP contribution in [0.1, 0.15) is 17.9 Å². The number of nitrogens with one attached hydrogen (secondary N) is 1. The smallest absolute Gasteiger partial charge is 0.387 e. The van der Waals surface area contributed by atoms with Crippen LogP contribution in [0.15, 0.2) is 45.2 Å². The van der Waals surface area contributed by atoms with Gasteiger partial charge in [-0.25, -0.2) is 13.9 Å². The van der Waals surface area contributed by atoms with E-state index in [1.54, 1.807) is 0 Å². The van der Waals surface area contributed by atoms with Crippen LogP contribution in [-0.2, 0) is 22.7 Å². The molecular formula is C15H16N6O14P2. The van der Waals surface area contributed by atoms with Crippen molar-refractivity contribution in [3.63, 3.8) is 0 Å². The molecule has 2 aromatic rings. The maximum Gasteiger partial charge on any atom is 0.481 e. The average molecular weight is 566 g/mol. The molecular weight excluding hydrogens is 550 g/mol. The Morgan fingerprint density at radius 3 is 2.46 bits per heavy atom. The lowest BCUT2D eigenvalue weighted by molar-refractivity contribution is -0.386. The van der Waals surface area contributed by atoms with Crippen LogP contribution in [0, 0.1) is 10.1 Å². The first-order chi connectivity index (χ1) is 17.1. The summed E-state index contributed by atoms with van der Waals surface area (Å²) in [4.78, 5) is 66.2. The highest BCUT2D eigenvalue weighted by atomic mass is 31.3. The summed E-state index contributed by atoms with van der Waals surface area (Å²) in [5.74, 6) is 0. The van der Waals surface area contributed by atoms with Crippen LogP contribution < -0.4 is 11.2 Å². The Kier molecular flexibility index (Phi) is 8.13. The van der Waals surface area contributed by atoms with Crippen molar-refractivity contribution in [1.29, 1.82) is 0 Å². The normalized spacial score (nSPS) is 24.1. The summed E-state index contributed by atoms with van der Waals surface area (Å²) >= 11 is 0. The Labute approximate surface area is 202 Å². The molecule has 0 aliphatic carbocycles. The zero-order valence-electron chi connectivity index (χ0n) is 17.8. The fraction of sp³-hybridized carbons (Fsp3) is 0.333. The molecule has 1 saturated heterocycles. The number of rotatable bonds is 9. The van der Waals surface area contributed by atoms with Gasteiger partial charge in [-0.05, 0) is 11.6 Å². The largest absolute Gasteiger partial charge is 0.481 e. The van der Waals surface area contributed by atoms with E-state index in [4.69, 9.17) is 24.6 Å². The van der Waals surface area contributed by atoms with Crippen molar-refractivity contribution in [2.45, 2.75) is 30.6 Å². The number of aliphatic hydroxyl groups is 2. The minimum Gasteiger partial charge on any atom is -0.387 e. The summed E-state index contributed by atoms with van der Waals surface area (Å²) < 4.78 is 38.0. The molecule has 2 unspecified atom stereocenters. The highest BCUT2D eigenvalue weighted by molar-refractivity contribution is 7.60. The summed E-state index contributed by atoms with van der Waals surface area (Å²) in [6.45, 7) is 0. The average Bonchev–Trinajstić information content (AvgIpc) is 3.05. The molecule has 200 valence electrons. The predicted molar refractivity (Wildman–Crippen MR) is 116 cm³/mol. The first-order valence-corrected chi connectivity index (χ1v) is 12.6. The number of hydrogen-bond acceptors (Lipinski definition) is 12. The van der Waals surface area contributed by atoms with E-state index in [0.717, 1.165) is 24.4 Å². The third-order valence-corrected chi connectivity index (χ3v) is 7.00. The van der Waals surface area contributed by atoms with Crippen molar-refractivity contribution in [2.24, 2.45) is 5.11 Å². The van der Waals surface area contributed by atoms with Crippen molar-refractivity contribution in [3.8, 4) is 0 Å². The lowest BCUT2D eigenvalue weighted by Crippen LogP contribution is -2.38. The molecule has 1 aliphatic rings. The van der Waals surface area contributed by atoms with Crippen LogP contribution in [0.3, 0.4) is 0 Å². The highest BCUT2D eigenvalue weighted by Gasteiger charge is 2.52. The van der Waals surface area contributed by atoms with Gasteiger partial charge < -0.3 is 29.6 Å². The van der Waals surface area contributed by atoms with E-state index in [1.165, 1.54) is 0 Å². The number of nitro benzene ring substituents is 1. The van der Waals surface area contributed by atoms with Gasteiger partial charge >= 0.3 is 21.3 Å². The molecule has 0 bridgehead atoms. The van der Waals surface area contributed by atoms with Crippen LogP contribution in [0.2, 0.25) is 0 Å². The van der Waals surface area contributed by atoms with Crippen LogP contribution >= 0.6 is 15.6 Å². The number of phosphoric acid groups is 2. The number of H-pyrrole nitrogens is 1. The van der Waals surface area contributed by atoms with Gasteiger partial charge in [0, 0.05) is 28.9 Å². The molecule has 1 aromatic heterocycles. The van der Waals surface area contributed by atoms with Crippen molar-refractivity contribution < 1.29 is 52.5 Å². The van der Waals surface area contributed by atoms with E-state index in [9.17, 15) is 43.9 Å². The Morgan fingerprint density at radius 1 is 1.22 bits per heavy atom. The quantitative estimate of drug-likeness (QED) is 0.0580. The van der Waals surface area contributed by atoms with E-state index in [2.05, 4.69) is 14.3 Å². The Bertz CT molecular complexity index is 1460. The molecule has 20 nitrogen and oxygen atoms in total. The maximum absolute atomic E-state index is 12.3. The third-order valence-electron chi connectivity index (χ3n) is 4.83. The molecule has 0 spiro atoms. The summed E-state index contributed by atoms with van der Waals surface area (Å²) in [6, 6.07) is 3.41. The summed E-state index contributed by atoms with van der Waals surface area (Å²) in [6.07, 6.45) is -9.30.